The number of nitrogens with zero attached hydrogens (tertiary/aromatic N) is 5. The summed E-state index contributed by atoms with van der Waals surface area (Å²) in [6.07, 6.45) is 3.93. The van der Waals surface area contributed by atoms with Gasteiger partial charge in [-0.1, -0.05) is 6.07 Å². The number of piperazine rings is 1. The van der Waals surface area contributed by atoms with Crippen molar-refractivity contribution < 1.29 is 4.79 Å². The number of guanidine groups is 1. The fourth-order valence-electron chi connectivity index (χ4n) is 2.86. The van der Waals surface area contributed by atoms with Crippen LogP contribution in [0.3, 0.4) is 0 Å². The first kappa shape index (κ1) is 19.1. The van der Waals surface area contributed by atoms with Crippen LogP contribution in [0.15, 0.2) is 41.0 Å². The number of hydrogen-bond acceptors (Lipinski definition) is 6. The van der Waals surface area contributed by atoms with Crippen LogP contribution >= 0.6 is 11.3 Å². The van der Waals surface area contributed by atoms with Gasteiger partial charge in [0, 0.05) is 63.5 Å². The first-order valence-electron chi connectivity index (χ1n) is 9.03. The van der Waals surface area contributed by atoms with Crippen LogP contribution in [0.2, 0.25) is 0 Å². The van der Waals surface area contributed by atoms with E-state index in [2.05, 4.69) is 41.9 Å². The van der Waals surface area contributed by atoms with E-state index < -0.39 is 0 Å². The third-order valence-corrected chi connectivity index (χ3v) is 5.21. The highest BCUT2D eigenvalue weighted by atomic mass is 32.1. The lowest BCUT2D eigenvalue weighted by Gasteiger charge is -2.34. The van der Waals surface area contributed by atoms with Crippen molar-refractivity contribution in [2.75, 3.05) is 44.7 Å². The summed E-state index contributed by atoms with van der Waals surface area (Å²) in [5, 5.41) is 8.51. The van der Waals surface area contributed by atoms with Gasteiger partial charge < -0.3 is 20.4 Å². The van der Waals surface area contributed by atoms with E-state index in [4.69, 9.17) is 0 Å². The molecule has 1 amide bonds. The molecule has 0 aromatic carbocycles. The highest BCUT2D eigenvalue weighted by Gasteiger charge is 2.22. The van der Waals surface area contributed by atoms with Gasteiger partial charge in [-0.15, -0.1) is 11.3 Å². The summed E-state index contributed by atoms with van der Waals surface area (Å²) in [4.78, 5) is 30.4. The fourth-order valence-corrected chi connectivity index (χ4v) is 3.51. The van der Waals surface area contributed by atoms with Crippen molar-refractivity contribution in [2.24, 2.45) is 4.99 Å². The quantitative estimate of drug-likeness (QED) is 0.567. The lowest BCUT2D eigenvalue weighted by atomic mass is 10.3. The minimum Gasteiger partial charge on any atom is -0.356 e. The third kappa shape index (κ3) is 5.65. The predicted molar refractivity (Wildman–Crippen MR) is 108 cm³/mol. The number of nitrogens with one attached hydrogen (secondary N) is 2. The molecule has 2 aromatic heterocycles. The van der Waals surface area contributed by atoms with Gasteiger partial charge in [-0.3, -0.25) is 9.79 Å². The molecule has 1 saturated heterocycles. The van der Waals surface area contributed by atoms with Crippen molar-refractivity contribution in [3.8, 4) is 0 Å². The molecule has 0 bridgehead atoms. The van der Waals surface area contributed by atoms with Crippen molar-refractivity contribution in [3.63, 3.8) is 0 Å². The molecular formula is C18H25N7OS. The Morgan fingerprint density at radius 3 is 2.63 bits per heavy atom. The standard InChI is InChI=1S/C18H25N7OS/c1-19-17(23-14-15-4-2-13-27-15)20-8-5-16(26)24-9-11-25(12-10-24)18-21-6-3-7-22-18/h2-4,6-7,13H,5,8-12,14H2,1H3,(H2,19,20,23). The van der Waals surface area contributed by atoms with E-state index in [1.165, 1.54) is 4.88 Å². The number of rotatable bonds is 6. The van der Waals surface area contributed by atoms with Gasteiger partial charge in [-0.25, -0.2) is 9.97 Å². The van der Waals surface area contributed by atoms with Gasteiger partial charge in [0.15, 0.2) is 5.96 Å². The van der Waals surface area contributed by atoms with E-state index in [1.807, 2.05) is 11.0 Å². The van der Waals surface area contributed by atoms with E-state index in [0.29, 0.717) is 32.0 Å². The SMILES string of the molecule is CN=C(NCCC(=O)N1CCN(c2ncccn2)CC1)NCc1cccs1. The molecule has 3 heterocycles. The molecule has 144 valence electrons. The normalized spacial score (nSPS) is 14.9. The number of anilines is 1. The van der Waals surface area contributed by atoms with E-state index >= 15 is 0 Å². The maximum absolute atomic E-state index is 12.4. The first-order valence-corrected chi connectivity index (χ1v) is 9.91. The molecule has 8 nitrogen and oxygen atoms in total. The van der Waals surface area contributed by atoms with Crippen LogP contribution < -0.4 is 15.5 Å². The number of carbonyl (C=O) groups is 1. The Kier molecular flexibility index (Phi) is 6.97. The molecule has 0 radical (unpaired) electrons. The number of amides is 1. The Hall–Kier alpha value is -2.68. The molecule has 0 aliphatic carbocycles. The second kappa shape index (κ2) is 9.86. The minimum absolute atomic E-state index is 0.157. The average molecular weight is 388 g/mol. The summed E-state index contributed by atoms with van der Waals surface area (Å²) in [7, 11) is 1.73. The number of carbonyl (C=O) groups excluding carboxylic acids is 1. The number of hydrogen-bond donors (Lipinski definition) is 2. The average Bonchev–Trinajstić information content (AvgIpc) is 3.25. The molecule has 0 saturated carbocycles. The summed E-state index contributed by atoms with van der Waals surface area (Å²) in [5.74, 6) is 1.60. The monoisotopic (exact) mass is 387 g/mol. The van der Waals surface area contributed by atoms with Crippen molar-refractivity contribution in [1.82, 2.24) is 25.5 Å². The van der Waals surface area contributed by atoms with Crippen LogP contribution in [0.5, 0.6) is 0 Å². The van der Waals surface area contributed by atoms with E-state index in [-0.39, 0.29) is 5.91 Å². The van der Waals surface area contributed by atoms with Gasteiger partial charge in [-0.2, -0.15) is 0 Å². The predicted octanol–water partition coefficient (Wildman–Crippen LogP) is 0.942. The number of thiophene rings is 1. The van der Waals surface area contributed by atoms with E-state index in [1.54, 1.807) is 36.8 Å². The second-order valence-electron chi connectivity index (χ2n) is 6.10. The minimum atomic E-state index is 0.157. The van der Waals surface area contributed by atoms with Crippen LogP contribution in [0.1, 0.15) is 11.3 Å². The van der Waals surface area contributed by atoms with Crippen LogP contribution in [-0.2, 0) is 11.3 Å². The maximum atomic E-state index is 12.4. The number of aliphatic imine (C=N–C) groups is 1. The molecule has 3 rings (SSSR count). The topological polar surface area (TPSA) is 85.8 Å². The molecule has 1 aliphatic rings. The zero-order valence-corrected chi connectivity index (χ0v) is 16.3. The van der Waals surface area contributed by atoms with Gasteiger partial charge in [0.2, 0.25) is 11.9 Å². The summed E-state index contributed by atoms with van der Waals surface area (Å²) in [5.41, 5.74) is 0. The van der Waals surface area contributed by atoms with Gasteiger partial charge in [0.25, 0.3) is 0 Å². The lowest BCUT2D eigenvalue weighted by molar-refractivity contribution is -0.131. The summed E-state index contributed by atoms with van der Waals surface area (Å²) in [6.45, 7) is 4.20. The van der Waals surface area contributed by atoms with Crippen molar-refractivity contribution >= 4 is 29.2 Å². The largest absolute Gasteiger partial charge is 0.356 e. The zero-order valence-electron chi connectivity index (χ0n) is 15.5. The summed E-state index contributed by atoms with van der Waals surface area (Å²) in [6, 6.07) is 5.91. The summed E-state index contributed by atoms with van der Waals surface area (Å²) >= 11 is 1.70. The van der Waals surface area contributed by atoms with Gasteiger partial charge in [-0.05, 0) is 17.5 Å². The molecule has 9 heteroatoms. The van der Waals surface area contributed by atoms with Crippen LogP contribution in [0.25, 0.3) is 0 Å². The molecule has 0 spiro atoms. The highest BCUT2D eigenvalue weighted by molar-refractivity contribution is 7.09. The zero-order chi connectivity index (χ0) is 18.9. The van der Waals surface area contributed by atoms with E-state index in [0.717, 1.165) is 25.6 Å². The smallest absolute Gasteiger partial charge is 0.225 e. The van der Waals surface area contributed by atoms with Crippen molar-refractivity contribution in [3.05, 3.63) is 40.8 Å². The molecule has 0 atom stereocenters. The summed E-state index contributed by atoms with van der Waals surface area (Å²) < 4.78 is 0. The lowest BCUT2D eigenvalue weighted by Crippen LogP contribution is -2.50. The third-order valence-electron chi connectivity index (χ3n) is 4.33. The second-order valence-corrected chi connectivity index (χ2v) is 7.13. The molecule has 2 aromatic rings. The Morgan fingerprint density at radius 2 is 1.96 bits per heavy atom. The van der Waals surface area contributed by atoms with Gasteiger partial charge >= 0.3 is 0 Å². The van der Waals surface area contributed by atoms with Crippen molar-refractivity contribution in [1.29, 1.82) is 0 Å². The van der Waals surface area contributed by atoms with Crippen molar-refractivity contribution in [2.45, 2.75) is 13.0 Å². The van der Waals surface area contributed by atoms with E-state index in [9.17, 15) is 4.79 Å². The maximum Gasteiger partial charge on any atom is 0.225 e. The fraction of sp³-hybridized carbons (Fsp3) is 0.444. The van der Waals surface area contributed by atoms with Gasteiger partial charge in [0.05, 0.1) is 6.54 Å². The molecule has 27 heavy (non-hydrogen) atoms. The first-order chi connectivity index (χ1) is 13.3. The Balaban J connectivity index is 1.35. The van der Waals surface area contributed by atoms with Gasteiger partial charge in [0.1, 0.15) is 0 Å². The molecule has 1 fully saturated rings. The molecule has 0 unspecified atom stereocenters. The molecule has 1 aliphatic heterocycles. The Labute approximate surface area is 163 Å². The Bertz CT molecular complexity index is 727. The molecule has 2 N–H and O–H groups in total. The van der Waals surface area contributed by atoms with Crippen LogP contribution in [0, 0.1) is 0 Å². The highest BCUT2D eigenvalue weighted by Crippen LogP contribution is 2.10. The van der Waals surface area contributed by atoms with Crippen LogP contribution in [0.4, 0.5) is 5.95 Å². The Morgan fingerprint density at radius 1 is 1.19 bits per heavy atom. The van der Waals surface area contributed by atoms with Crippen LogP contribution in [-0.4, -0.2) is 66.5 Å². The molecular weight excluding hydrogens is 362 g/mol. The number of aromatic nitrogens is 2.